The molecule has 0 spiro atoms. The van der Waals surface area contributed by atoms with E-state index in [0.29, 0.717) is 0 Å². The summed E-state index contributed by atoms with van der Waals surface area (Å²) in [7, 11) is 0. The van der Waals surface area contributed by atoms with Crippen LogP contribution in [-0.2, 0) is 0 Å². The van der Waals surface area contributed by atoms with Crippen LogP contribution in [-0.4, -0.2) is 0 Å². The molecule has 0 heteroatoms. The van der Waals surface area contributed by atoms with Crippen LogP contribution >= 0.6 is 0 Å². The van der Waals surface area contributed by atoms with Crippen molar-refractivity contribution in [2.24, 2.45) is 0 Å². The highest BCUT2D eigenvalue weighted by Gasteiger charge is 2.31. The molecule has 0 saturated carbocycles. The first kappa shape index (κ1) is 32.2. The SMILES string of the molecule is c1ccc(-c2cccc(-c3ccc4c(-c5ccccc5)c5c(c(-c6ccccc6)c4c3)-c3cccc4c(-c6cccc(-c7ccccc7)c6)ccc-5c34)c2)cc1. The summed E-state index contributed by atoms with van der Waals surface area (Å²) in [5, 5.41) is 5.13. The van der Waals surface area contributed by atoms with E-state index in [1.54, 1.807) is 0 Å². The highest BCUT2D eigenvalue weighted by atomic mass is 14.3. The lowest BCUT2D eigenvalue weighted by Gasteiger charge is -2.21. The molecule has 0 amide bonds. The molecule has 11 rings (SSSR count). The Balaban J connectivity index is 1.21. The van der Waals surface area contributed by atoms with Gasteiger partial charge in [-0.05, 0) is 129 Å². The van der Waals surface area contributed by atoms with Crippen LogP contribution in [0.15, 0.2) is 218 Å². The minimum absolute atomic E-state index is 1.21. The number of fused-ring (bicyclic) bond motifs is 4. The van der Waals surface area contributed by atoms with E-state index in [0.717, 1.165) is 0 Å². The second-order valence-electron chi connectivity index (χ2n) is 14.8. The molecule has 0 bridgehead atoms. The minimum atomic E-state index is 1.21. The highest BCUT2D eigenvalue weighted by molar-refractivity contribution is 6.29. The molecular formula is C56H36. The molecular weight excluding hydrogens is 673 g/mol. The zero-order valence-electron chi connectivity index (χ0n) is 30.8. The van der Waals surface area contributed by atoms with Gasteiger partial charge < -0.3 is 0 Å². The number of hydrogen-bond donors (Lipinski definition) is 0. The maximum Gasteiger partial charge on any atom is -0.000741 e. The maximum absolute atomic E-state index is 2.44. The molecule has 0 aromatic heterocycles. The van der Waals surface area contributed by atoms with Crippen LogP contribution in [0.2, 0.25) is 0 Å². The first-order chi connectivity index (χ1) is 27.8. The average Bonchev–Trinajstić information content (AvgIpc) is 3.61. The molecule has 0 radical (unpaired) electrons. The third-order valence-corrected chi connectivity index (χ3v) is 11.6. The van der Waals surface area contributed by atoms with Gasteiger partial charge in [0.25, 0.3) is 0 Å². The third-order valence-electron chi connectivity index (χ3n) is 11.6. The van der Waals surface area contributed by atoms with Crippen molar-refractivity contribution in [1.29, 1.82) is 0 Å². The van der Waals surface area contributed by atoms with E-state index in [2.05, 4.69) is 218 Å². The Morgan fingerprint density at radius 1 is 0.179 bits per heavy atom. The van der Waals surface area contributed by atoms with Gasteiger partial charge in [-0.1, -0.05) is 200 Å². The van der Waals surface area contributed by atoms with Crippen molar-refractivity contribution in [2.45, 2.75) is 0 Å². The van der Waals surface area contributed by atoms with Crippen LogP contribution in [0, 0.1) is 0 Å². The van der Waals surface area contributed by atoms with E-state index in [-0.39, 0.29) is 0 Å². The fraction of sp³-hybridized carbons (Fsp3) is 0. The van der Waals surface area contributed by atoms with Gasteiger partial charge in [0.2, 0.25) is 0 Å². The quantitative estimate of drug-likeness (QED) is 0.161. The zero-order valence-corrected chi connectivity index (χ0v) is 30.8. The summed E-state index contributed by atoms with van der Waals surface area (Å²) in [6.45, 7) is 0. The molecule has 0 aliphatic heterocycles. The molecule has 0 fully saturated rings. The molecule has 56 heavy (non-hydrogen) atoms. The average molecular weight is 709 g/mol. The van der Waals surface area contributed by atoms with E-state index in [4.69, 9.17) is 0 Å². The van der Waals surface area contributed by atoms with Crippen LogP contribution in [0.5, 0.6) is 0 Å². The topological polar surface area (TPSA) is 0 Å². The second-order valence-corrected chi connectivity index (χ2v) is 14.8. The summed E-state index contributed by atoms with van der Waals surface area (Å²) < 4.78 is 0. The summed E-state index contributed by atoms with van der Waals surface area (Å²) in [5.41, 5.74) is 20.0. The van der Waals surface area contributed by atoms with Crippen molar-refractivity contribution in [3.05, 3.63) is 218 Å². The predicted molar refractivity (Wildman–Crippen MR) is 238 cm³/mol. The third kappa shape index (κ3) is 5.22. The maximum atomic E-state index is 2.44. The lowest BCUT2D eigenvalue weighted by Crippen LogP contribution is -1.94. The van der Waals surface area contributed by atoms with Crippen LogP contribution in [0.3, 0.4) is 0 Å². The monoisotopic (exact) mass is 708 g/mol. The molecule has 1 aliphatic rings. The lowest BCUT2D eigenvalue weighted by atomic mass is 9.81. The van der Waals surface area contributed by atoms with Gasteiger partial charge in [0.05, 0.1) is 0 Å². The molecule has 0 nitrogen and oxygen atoms in total. The summed E-state index contributed by atoms with van der Waals surface area (Å²) in [5.74, 6) is 0. The Morgan fingerprint density at radius 3 is 1.18 bits per heavy atom. The van der Waals surface area contributed by atoms with Gasteiger partial charge in [-0.2, -0.15) is 0 Å². The van der Waals surface area contributed by atoms with Gasteiger partial charge in [0.1, 0.15) is 0 Å². The first-order valence-electron chi connectivity index (χ1n) is 19.4. The Kier molecular flexibility index (Phi) is 7.60. The van der Waals surface area contributed by atoms with Crippen LogP contribution in [0.4, 0.5) is 0 Å². The number of rotatable bonds is 6. The molecule has 0 unspecified atom stereocenters. The molecule has 0 saturated heterocycles. The molecule has 10 aromatic carbocycles. The van der Waals surface area contributed by atoms with Crippen LogP contribution in [0.25, 0.3) is 111 Å². The molecule has 0 N–H and O–H groups in total. The molecule has 0 heterocycles. The van der Waals surface area contributed by atoms with Gasteiger partial charge in [-0.3, -0.25) is 0 Å². The standard InChI is InChI=1S/C56H36/c1-5-16-37(17-6-1)41-24-13-26-43(34-41)44-30-31-48-51(36-44)53(40-22-11-4-12-23-40)55-49-29-15-28-47-46(45-27-14-25-42(35-45)38-18-7-2-8-19-38)32-33-50(54(47)49)56(55)52(48)39-20-9-3-10-21-39/h1-36H. The Hall–Kier alpha value is -7.28. The molecule has 260 valence electrons. The Labute approximate surface area is 327 Å². The van der Waals surface area contributed by atoms with E-state index in [1.165, 1.54) is 111 Å². The Bertz CT molecular complexity index is 3090. The van der Waals surface area contributed by atoms with Gasteiger partial charge in [0.15, 0.2) is 0 Å². The van der Waals surface area contributed by atoms with Crippen LogP contribution in [0.1, 0.15) is 0 Å². The Morgan fingerprint density at radius 2 is 0.589 bits per heavy atom. The van der Waals surface area contributed by atoms with Gasteiger partial charge in [-0.15, -0.1) is 0 Å². The van der Waals surface area contributed by atoms with Gasteiger partial charge in [0, 0.05) is 0 Å². The first-order valence-corrected chi connectivity index (χ1v) is 19.4. The summed E-state index contributed by atoms with van der Waals surface area (Å²) >= 11 is 0. The van der Waals surface area contributed by atoms with E-state index < -0.39 is 0 Å². The fourth-order valence-electron chi connectivity index (χ4n) is 9.10. The van der Waals surface area contributed by atoms with Crippen molar-refractivity contribution in [2.75, 3.05) is 0 Å². The largest absolute Gasteiger partial charge is 0.0622 e. The second kappa shape index (κ2) is 13.2. The summed E-state index contributed by atoms with van der Waals surface area (Å²) in [6.07, 6.45) is 0. The summed E-state index contributed by atoms with van der Waals surface area (Å²) in [4.78, 5) is 0. The van der Waals surface area contributed by atoms with Crippen molar-refractivity contribution in [3.8, 4) is 89.0 Å². The van der Waals surface area contributed by atoms with Crippen molar-refractivity contribution in [3.63, 3.8) is 0 Å². The lowest BCUT2D eigenvalue weighted by molar-refractivity contribution is 1.59. The highest BCUT2D eigenvalue weighted by Crippen LogP contribution is 2.58. The van der Waals surface area contributed by atoms with E-state index >= 15 is 0 Å². The fourth-order valence-corrected chi connectivity index (χ4v) is 9.10. The van der Waals surface area contributed by atoms with Gasteiger partial charge >= 0.3 is 0 Å². The van der Waals surface area contributed by atoms with Gasteiger partial charge in [-0.25, -0.2) is 0 Å². The summed E-state index contributed by atoms with van der Waals surface area (Å²) in [6, 6.07) is 80.2. The molecule has 10 aromatic rings. The van der Waals surface area contributed by atoms with Crippen molar-refractivity contribution in [1.82, 2.24) is 0 Å². The predicted octanol–water partition coefficient (Wildman–Crippen LogP) is 15.6. The smallest absolute Gasteiger partial charge is 0.000741 e. The number of hydrogen-bond acceptors (Lipinski definition) is 0. The van der Waals surface area contributed by atoms with Crippen molar-refractivity contribution >= 4 is 21.5 Å². The van der Waals surface area contributed by atoms with E-state index in [1.807, 2.05) is 0 Å². The normalized spacial score (nSPS) is 11.6. The van der Waals surface area contributed by atoms with E-state index in [9.17, 15) is 0 Å². The van der Waals surface area contributed by atoms with Crippen molar-refractivity contribution < 1.29 is 0 Å². The molecule has 0 atom stereocenters. The van der Waals surface area contributed by atoms with Crippen LogP contribution < -0.4 is 0 Å². The minimum Gasteiger partial charge on any atom is -0.0622 e. The molecule has 1 aliphatic carbocycles. The number of benzene rings is 10. The zero-order chi connectivity index (χ0) is 37.0.